The molecule has 50 heavy (non-hydrogen) atoms. The van der Waals surface area contributed by atoms with Crippen LogP contribution in [0.1, 0.15) is 58.1 Å². The highest BCUT2D eigenvalue weighted by Gasteiger charge is 2.34. The number of aliphatic carboxylic acids is 1. The molecule has 0 saturated carbocycles. The first-order valence-corrected chi connectivity index (χ1v) is 16.9. The second-order valence-corrected chi connectivity index (χ2v) is 13.2. The van der Waals surface area contributed by atoms with Crippen LogP contribution in [0.25, 0.3) is 10.9 Å². The van der Waals surface area contributed by atoms with Crippen molar-refractivity contribution >= 4 is 40.5 Å². The Morgan fingerprint density at radius 1 is 0.740 bits per heavy atom. The van der Waals surface area contributed by atoms with Crippen LogP contribution in [-0.4, -0.2) is 81.5 Å². The zero-order valence-corrected chi connectivity index (χ0v) is 29.1. The molecule has 1 heterocycles. The predicted octanol–water partition coefficient (Wildman–Crippen LogP) is 1.45. The van der Waals surface area contributed by atoms with Gasteiger partial charge in [-0.15, -0.1) is 0 Å². The highest BCUT2D eigenvalue weighted by atomic mass is 16.4. The van der Waals surface area contributed by atoms with E-state index in [9.17, 15) is 34.2 Å². The summed E-state index contributed by atoms with van der Waals surface area (Å²) in [5.41, 5.74) is 14.3. The van der Waals surface area contributed by atoms with Crippen LogP contribution in [0.5, 0.6) is 5.75 Å². The van der Waals surface area contributed by atoms with E-state index in [2.05, 4.69) is 26.3 Å². The van der Waals surface area contributed by atoms with Gasteiger partial charge in [0.2, 0.25) is 23.6 Å². The molecule has 0 saturated heterocycles. The molecule has 0 fully saturated rings. The molecule has 2 aromatic carbocycles. The Morgan fingerprint density at radius 2 is 1.34 bits per heavy atom. The normalized spacial score (nSPS) is 14.4. The van der Waals surface area contributed by atoms with Crippen molar-refractivity contribution < 1.29 is 34.2 Å². The predicted molar refractivity (Wildman–Crippen MR) is 190 cm³/mol. The molecule has 14 heteroatoms. The maximum absolute atomic E-state index is 14.0. The van der Waals surface area contributed by atoms with Gasteiger partial charge in [-0.05, 0) is 73.4 Å². The number of carboxylic acids is 1. The Balaban J connectivity index is 1.85. The number of H-pyrrole nitrogens is 1. The fourth-order valence-electron chi connectivity index (χ4n) is 5.57. The van der Waals surface area contributed by atoms with Gasteiger partial charge in [0.15, 0.2) is 0 Å². The quantitative estimate of drug-likeness (QED) is 0.0824. The monoisotopic (exact) mass is 693 g/mol. The average Bonchev–Trinajstić information content (AvgIpc) is 3.48. The minimum Gasteiger partial charge on any atom is -0.508 e. The van der Waals surface area contributed by atoms with Crippen LogP contribution in [0.2, 0.25) is 0 Å². The number of unbranched alkanes of at least 4 members (excludes halogenated alkanes) is 1. The first-order valence-electron chi connectivity index (χ1n) is 16.9. The summed E-state index contributed by atoms with van der Waals surface area (Å²) in [6.07, 6.45) is 3.23. The van der Waals surface area contributed by atoms with Crippen LogP contribution < -0.4 is 32.7 Å². The van der Waals surface area contributed by atoms with Crippen molar-refractivity contribution in [2.24, 2.45) is 23.3 Å². The molecule has 0 unspecified atom stereocenters. The number of carbonyl (C=O) groups is 5. The minimum atomic E-state index is -1.19. The van der Waals surface area contributed by atoms with E-state index in [0.29, 0.717) is 24.9 Å². The largest absolute Gasteiger partial charge is 0.508 e. The summed E-state index contributed by atoms with van der Waals surface area (Å²) in [5, 5.41) is 30.8. The molecule has 14 nitrogen and oxygen atoms in total. The molecule has 0 aliphatic rings. The third-order valence-electron chi connectivity index (χ3n) is 8.52. The average molecular weight is 694 g/mol. The van der Waals surface area contributed by atoms with Gasteiger partial charge in [0, 0.05) is 23.5 Å². The number of phenols is 1. The van der Waals surface area contributed by atoms with Crippen molar-refractivity contribution in [3.05, 3.63) is 65.9 Å². The zero-order chi connectivity index (χ0) is 37.0. The number of aromatic hydroxyl groups is 1. The Bertz CT molecular complexity index is 1610. The summed E-state index contributed by atoms with van der Waals surface area (Å²) in [7, 11) is 0. The Hall–Kier alpha value is -4.95. The zero-order valence-electron chi connectivity index (χ0n) is 29.1. The number of para-hydroxylation sites is 1. The third-order valence-corrected chi connectivity index (χ3v) is 8.52. The Morgan fingerprint density at radius 3 is 1.96 bits per heavy atom. The van der Waals surface area contributed by atoms with Crippen molar-refractivity contribution in [2.45, 2.75) is 90.0 Å². The summed E-state index contributed by atoms with van der Waals surface area (Å²) in [6.45, 7) is 7.12. The lowest BCUT2D eigenvalue weighted by Crippen LogP contribution is -2.60. The van der Waals surface area contributed by atoms with Crippen molar-refractivity contribution in [3.8, 4) is 5.75 Å². The van der Waals surface area contributed by atoms with Crippen molar-refractivity contribution in [1.82, 2.24) is 26.3 Å². The van der Waals surface area contributed by atoms with E-state index in [4.69, 9.17) is 11.5 Å². The van der Waals surface area contributed by atoms with Crippen LogP contribution in [0, 0.1) is 11.8 Å². The number of amides is 4. The highest BCUT2D eigenvalue weighted by Crippen LogP contribution is 2.20. The van der Waals surface area contributed by atoms with E-state index < -0.39 is 71.6 Å². The molecule has 4 amide bonds. The molecular weight excluding hydrogens is 642 g/mol. The molecule has 0 aliphatic heterocycles. The fraction of sp³-hybridized carbons (Fsp3) is 0.472. The number of carboxylic acid groups (broad SMARTS) is 1. The Labute approximate surface area is 292 Å². The number of hydrogen-bond donors (Lipinski definition) is 9. The summed E-state index contributed by atoms with van der Waals surface area (Å²) >= 11 is 0. The van der Waals surface area contributed by atoms with Gasteiger partial charge < -0.3 is 47.9 Å². The van der Waals surface area contributed by atoms with E-state index in [1.807, 2.05) is 24.3 Å². The molecule has 0 spiro atoms. The first-order chi connectivity index (χ1) is 23.7. The molecule has 0 aliphatic carbocycles. The number of carbonyl (C=O) groups excluding carboxylic acids is 4. The second-order valence-electron chi connectivity index (χ2n) is 13.2. The summed E-state index contributed by atoms with van der Waals surface area (Å²) < 4.78 is 0. The lowest BCUT2D eigenvalue weighted by Gasteiger charge is -2.28. The lowest BCUT2D eigenvalue weighted by atomic mass is 9.99. The van der Waals surface area contributed by atoms with E-state index in [0.717, 1.165) is 16.5 Å². The summed E-state index contributed by atoms with van der Waals surface area (Å²) in [6, 6.07) is 8.30. The van der Waals surface area contributed by atoms with E-state index in [1.54, 1.807) is 46.0 Å². The smallest absolute Gasteiger partial charge is 0.326 e. The molecule has 11 N–H and O–H groups in total. The first kappa shape index (κ1) is 39.5. The van der Waals surface area contributed by atoms with Crippen LogP contribution in [-0.2, 0) is 36.8 Å². The summed E-state index contributed by atoms with van der Waals surface area (Å²) in [5.74, 6) is -4.45. The summed E-state index contributed by atoms with van der Waals surface area (Å²) in [4.78, 5) is 69.2. The van der Waals surface area contributed by atoms with Crippen LogP contribution in [0.15, 0.2) is 54.7 Å². The van der Waals surface area contributed by atoms with Crippen molar-refractivity contribution in [2.75, 3.05) is 6.54 Å². The number of benzene rings is 2. The molecule has 3 aromatic rings. The number of aromatic nitrogens is 1. The minimum absolute atomic E-state index is 0.0765. The fourth-order valence-corrected chi connectivity index (χ4v) is 5.57. The van der Waals surface area contributed by atoms with Crippen LogP contribution >= 0.6 is 0 Å². The van der Waals surface area contributed by atoms with Gasteiger partial charge in [0.05, 0.1) is 6.04 Å². The van der Waals surface area contributed by atoms with Gasteiger partial charge in [0.1, 0.15) is 29.9 Å². The van der Waals surface area contributed by atoms with Gasteiger partial charge in [-0.3, -0.25) is 19.2 Å². The lowest BCUT2D eigenvalue weighted by molar-refractivity contribution is -0.143. The number of rotatable bonds is 19. The molecule has 1 aromatic heterocycles. The molecule has 5 atom stereocenters. The topological polar surface area (TPSA) is 242 Å². The number of nitrogens with two attached hydrogens (primary N) is 2. The van der Waals surface area contributed by atoms with E-state index in [-0.39, 0.29) is 25.0 Å². The number of phenolic OH excluding ortho intramolecular Hbond substituents is 1. The van der Waals surface area contributed by atoms with Gasteiger partial charge in [-0.25, -0.2) is 4.79 Å². The standard InChI is InChI=1S/C36H51N7O7/c1-20(2)30(35(48)43-31(21(3)4)36(49)50)42-33(46)28(11-7-8-16-37)40-34(47)29(18-23-19-39-27-10-6-5-9-25(23)27)41-32(45)26(38)17-22-12-14-24(44)15-13-22/h5-6,9-10,12-15,19-21,26,28-31,39,44H,7-8,11,16-18,37-38H2,1-4H3,(H,40,47)(H,41,45)(H,42,46)(H,43,48)(H,49,50)/t26-,28-,29+,30-,31-/m0/s1. The number of aromatic amines is 1. The molecular formula is C36H51N7O7. The maximum atomic E-state index is 14.0. The molecule has 0 radical (unpaired) electrons. The van der Waals surface area contributed by atoms with Crippen LogP contribution in [0.4, 0.5) is 0 Å². The third kappa shape index (κ3) is 11.3. The van der Waals surface area contributed by atoms with Gasteiger partial charge in [-0.2, -0.15) is 0 Å². The van der Waals surface area contributed by atoms with E-state index >= 15 is 0 Å². The number of fused-ring (bicyclic) bond motifs is 1. The molecule has 3 rings (SSSR count). The van der Waals surface area contributed by atoms with Crippen LogP contribution in [0.3, 0.4) is 0 Å². The van der Waals surface area contributed by atoms with E-state index in [1.165, 1.54) is 12.1 Å². The SMILES string of the molecule is CC(C)[C@H](NC(=O)[C@@H](NC(=O)[C@H](CCCCN)NC(=O)[C@@H](Cc1c[nH]c2ccccc12)NC(=O)[C@@H](N)Cc1ccc(O)cc1)C(C)C)C(=O)O. The second kappa shape index (κ2) is 18.7. The Kier molecular flexibility index (Phi) is 14.8. The molecule has 0 bridgehead atoms. The van der Waals surface area contributed by atoms with Crippen molar-refractivity contribution in [1.29, 1.82) is 0 Å². The van der Waals surface area contributed by atoms with Crippen molar-refractivity contribution in [3.63, 3.8) is 0 Å². The number of nitrogens with one attached hydrogen (secondary N) is 5. The van der Waals surface area contributed by atoms with Gasteiger partial charge in [-0.1, -0.05) is 58.0 Å². The molecule has 272 valence electrons. The number of hydrogen-bond acceptors (Lipinski definition) is 8. The van der Waals surface area contributed by atoms with Gasteiger partial charge >= 0.3 is 5.97 Å². The maximum Gasteiger partial charge on any atom is 0.326 e. The highest BCUT2D eigenvalue weighted by molar-refractivity contribution is 5.96. The van der Waals surface area contributed by atoms with Gasteiger partial charge in [0.25, 0.3) is 0 Å².